The quantitative estimate of drug-likeness (QED) is 0.448. The molecule has 2 aromatic carbocycles. The van der Waals surface area contributed by atoms with Crippen LogP contribution in [0.15, 0.2) is 56.8 Å². The van der Waals surface area contributed by atoms with Crippen molar-refractivity contribution in [3.63, 3.8) is 0 Å². The van der Waals surface area contributed by atoms with Gasteiger partial charge in [-0.2, -0.15) is 0 Å². The number of nitrogens with zero attached hydrogens (tertiary/aromatic N) is 1. The smallest absolute Gasteiger partial charge is 0.442 e. The molecule has 0 radical (unpaired) electrons. The summed E-state index contributed by atoms with van der Waals surface area (Å²) >= 11 is 7.10. The van der Waals surface area contributed by atoms with Crippen molar-refractivity contribution in [1.29, 1.82) is 0 Å². The Labute approximate surface area is 169 Å². The first-order valence-corrected chi connectivity index (χ1v) is 9.42. The predicted molar refractivity (Wildman–Crippen MR) is 105 cm³/mol. The van der Waals surface area contributed by atoms with Gasteiger partial charge in [-0.3, -0.25) is 9.32 Å². The Bertz CT molecular complexity index is 1030. The predicted octanol–water partition coefficient (Wildman–Crippen LogP) is 2.65. The van der Waals surface area contributed by atoms with Crippen LogP contribution in [0.2, 0.25) is 5.02 Å². The lowest BCUT2D eigenvalue weighted by atomic mass is 10.3. The zero-order valence-electron chi connectivity index (χ0n) is 15.0. The first kappa shape index (κ1) is 19.8. The van der Waals surface area contributed by atoms with Gasteiger partial charge in [-0.05, 0) is 52.0 Å². The minimum absolute atomic E-state index is 0.00240. The average molecular weight is 423 g/mol. The summed E-state index contributed by atoms with van der Waals surface area (Å²) in [6.45, 7) is 0. The van der Waals surface area contributed by atoms with Gasteiger partial charge in [0.1, 0.15) is 11.5 Å². The number of aromatic nitrogens is 2. The summed E-state index contributed by atoms with van der Waals surface area (Å²) in [5, 5.41) is 5.88. The first-order chi connectivity index (χ1) is 13.5. The Morgan fingerprint density at radius 3 is 2.61 bits per heavy atom. The molecule has 0 atom stereocenters. The molecule has 1 heterocycles. The number of nitrogens with one attached hydrogen (secondary N) is 2. The lowest BCUT2D eigenvalue weighted by Gasteiger charge is -2.07. The van der Waals surface area contributed by atoms with Crippen LogP contribution < -0.4 is 25.1 Å². The number of H-pyrrole nitrogens is 1. The lowest BCUT2D eigenvalue weighted by molar-refractivity contribution is -0.704. The van der Waals surface area contributed by atoms with E-state index in [1.165, 1.54) is 11.8 Å². The number of hydrogen-bond acceptors (Lipinski definition) is 6. The molecule has 10 heteroatoms. The number of rotatable bonds is 7. The summed E-state index contributed by atoms with van der Waals surface area (Å²) in [6.07, 6.45) is 0. The molecule has 0 bridgehead atoms. The van der Waals surface area contributed by atoms with Crippen molar-refractivity contribution >= 4 is 35.0 Å². The maximum atomic E-state index is 12.2. The highest BCUT2D eigenvalue weighted by molar-refractivity contribution is 7.99. The van der Waals surface area contributed by atoms with Crippen LogP contribution >= 0.6 is 23.4 Å². The molecular formula is C18H17ClN3O5S+. The van der Waals surface area contributed by atoms with E-state index in [-0.39, 0.29) is 16.7 Å². The number of anilines is 1. The summed E-state index contributed by atoms with van der Waals surface area (Å²) in [4.78, 5) is 24.2. The van der Waals surface area contributed by atoms with E-state index in [0.717, 1.165) is 11.8 Å². The minimum atomic E-state index is -0.568. The number of hydrogen-bond donors (Lipinski definition) is 2. The van der Waals surface area contributed by atoms with E-state index in [2.05, 4.69) is 10.6 Å². The highest BCUT2D eigenvalue weighted by Crippen LogP contribution is 2.27. The Balaban J connectivity index is 1.69. The van der Waals surface area contributed by atoms with Crippen LogP contribution in [0, 0.1) is 0 Å². The largest absolute Gasteiger partial charge is 0.497 e. The van der Waals surface area contributed by atoms with Gasteiger partial charge in [-0.15, -0.1) is 0 Å². The molecule has 0 spiro atoms. The van der Waals surface area contributed by atoms with Gasteiger partial charge in [0.2, 0.25) is 11.6 Å². The van der Waals surface area contributed by atoms with E-state index in [0.29, 0.717) is 27.9 Å². The first-order valence-electron chi connectivity index (χ1n) is 8.06. The summed E-state index contributed by atoms with van der Waals surface area (Å²) in [5.74, 6) is 0.900. The van der Waals surface area contributed by atoms with Crippen LogP contribution in [0.1, 0.15) is 0 Å². The fourth-order valence-electron chi connectivity index (χ4n) is 2.36. The molecule has 0 fully saturated rings. The van der Waals surface area contributed by atoms with E-state index in [4.69, 9.17) is 25.6 Å². The lowest BCUT2D eigenvalue weighted by Crippen LogP contribution is -2.36. The molecule has 3 rings (SSSR count). The van der Waals surface area contributed by atoms with Gasteiger partial charge in [0, 0.05) is 17.8 Å². The third-order valence-electron chi connectivity index (χ3n) is 3.71. The van der Waals surface area contributed by atoms with Gasteiger partial charge >= 0.3 is 10.7 Å². The molecule has 146 valence electrons. The van der Waals surface area contributed by atoms with Gasteiger partial charge < -0.3 is 14.8 Å². The van der Waals surface area contributed by atoms with Crippen LogP contribution in [-0.2, 0) is 4.79 Å². The zero-order chi connectivity index (χ0) is 20.1. The van der Waals surface area contributed by atoms with Crippen LogP contribution in [0.25, 0.3) is 5.69 Å². The third-order valence-corrected chi connectivity index (χ3v) is 5.04. The maximum Gasteiger partial charge on any atom is 0.442 e. The molecule has 28 heavy (non-hydrogen) atoms. The van der Waals surface area contributed by atoms with Crippen LogP contribution in [-0.4, -0.2) is 31.2 Å². The second-order valence-electron chi connectivity index (χ2n) is 5.51. The molecule has 1 amide bonds. The van der Waals surface area contributed by atoms with E-state index in [1.54, 1.807) is 49.6 Å². The molecular weight excluding hydrogens is 406 g/mol. The standard InChI is InChI=1S/C18H16ClN3O5S/c1-25-13-6-4-12(5-7-13)22-17(18(24)27-21-22)28-10-16(23)20-11-3-8-15(26-2)14(19)9-11/h3-9H,10H2,1-2H3,(H-,20,21,23,24)/p+1. The Kier molecular flexibility index (Phi) is 6.27. The van der Waals surface area contributed by atoms with Crippen LogP contribution in [0.5, 0.6) is 11.5 Å². The van der Waals surface area contributed by atoms with E-state index >= 15 is 0 Å². The Hall–Kier alpha value is -2.91. The van der Waals surface area contributed by atoms with E-state index in [9.17, 15) is 9.59 Å². The molecule has 0 aliphatic carbocycles. The number of amides is 1. The van der Waals surface area contributed by atoms with Crippen LogP contribution in [0.3, 0.4) is 0 Å². The highest BCUT2D eigenvalue weighted by Gasteiger charge is 2.25. The Morgan fingerprint density at radius 2 is 1.96 bits per heavy atom. The van der Waals surface area contributed by atoms with Crippen LogP contribution in [0.4, 0.5) is 5.69 Å². The minimum Gasteiger partial charge on any atom is -0.497 e. The molecule has 2 N–H and O–H groups in total. The van der Waals surface area contributed by atoms with Crippen molar-refractivity contribution in [1.82, 2.24) is 5.27 Å². The van der Waals surface area contributed by atoms with Gasteiger partial charge in [0.05, 0.1) is 25.0 Å². The number of methoxy groups -OCH3 is 2. The van der Waals surface area contributed by atoms with E-state index < -0.39 is 5.63 Å². The van der Waals surface area contributed by atoms with Crippen molar-refractivity contribution in [2.75, 3.05) is 25.3 Å². The summed E-state index contributed by atoms with van der Waals surface area (Å²) in [7, 11) is 3.08. The molecule has 0 aliphatic rings. The number of carbonyl (C=O) groups is 1. The molecule has 1 aromatic heterocycles. The summed E-state index contributed by atoms with van der Waals surface area (Å²) < 4.78 is 16.5. The number of halogens is 1. The zero-order valence-corrected chi connectivity index (χ0v) is 16.6. The Morgan fingerprint density at radius 1 is 1.21 bits per heavy atom. The molecule has 3 aromatic rings. The second kappa shape index (κ2) is 8.85. The summed E-state index contributed by atoms with van der Waals surface area (Å²) in [5.41, 5.74) is 0.623. The molecule has 0 unspecified atom stereocenters. The fourth-order valence-corrected chi connectivity index (χ4v) is 3.39. The molecule has 0 saturated carbocycles. The normalized spacial score (nSPS) is 10.5. The molecule has 0 aliphatic heterocycles. The van der Waals surface area contributed by atoms with Gasteiger partial charge in [0.25, 0.3) is 0 Å². The third kappa shape index (κ3) is 4.49. The number of ether oxygens (including phenoxy) is 2. The van der Waals surface area contributed by atoms with Gasteiger partial charge in [-0.25, -0.2) is 4.79 Å². The van der Waals surface area contributed by atoms with Crippen molar-refractivity contribution in [2.45, 2.75) is 5.03 Å². The van der Waals surface area contributed by atoms with Crippen molar-refractivity contribution < 1.29 is 23.5 Å². The topological polar surface area (TPSA) is 97.4 Å². The van der Waals surface area contributed by atoms with Gasteiger partial charge in [0.15, 0.2) is 0 Å². The maximum absolute atomic E-state index is 12.2. The van der Waals surface area contributed by atoms with Crippen molar-refractivity contribution in [3.8, 4) is 17.2 Å². The molecule has 8 nitrogen and oxygen atoms in total. The van der Waals surface area contributed by atoms with Gasteiger partial charge in [-0.1, -0.05) is 11.6 Å². The monoisotopic (exact) mass is 422 g/mol. The van der Waals surface area contributed by atoms with Crippen molar-refractivity contribution in [2.24, 2.45) is 0 Å². The number of benzene rings is 2. The SMILES string of the molecule is COc1ccc(-[n+]2[nH]oc(=O)c2SCC(=O)Nc2ccc(OC)c(Cl)c2)cc1. The average Bonchev–Trinajstić information content (AvgIpc) is 3.07. The van der Waals surface area contributed by atoms with Crippen molar-refractivity contribution in [3.05, 3.63) is 57.9 Å². The van der Waals surface area contributed by atoms with E-state index in [1.807, 2.05) is 0 Å². The summed E-state index contributed by atoms with van der Waals surface area (Å²) in [6, 6.07) is 11.9. The second-order valence-corrected chi connectivity index (χ2v) is 6.88. The highest BCUT2D eigenvalue weighted by atomic mass is 35.5. The number of thioether (sulfide) groups is 1. The number of carbonyl (C=O) groups excluding carboxylic acids is 1. The fraction of sp³-hybridized carbons (Fsp3) is 0.167. The number of aromatic amines is 1. The molecule has 0 saturated heterocycles.